The van der Waals surface area contributed by atoms with Crippen molar-refractivity contribution in [1.29, 1.82) is 0 Å². The molecule has 0 amide bonds. The van der Waals surface area contributed by atoms with Crippen molar-refractivity contribution in [2.24, 2.45) is 0 Å². The van der Waals surface area contributed by atoms with Gasteiger partial charge in [-0.15, -0.1) is 0 Å². The third-order valence-corrected chi connectivity index (χ3v) is 4.07. The van der Waals surface area contributed by atoms with E-state index in [9.17, 15) is 59.4 Å². The van der Waals surface area contributed by atoms with Crippen molar-refractivity contribution in [3.8, 4) is 0 Å². The minimum Gasteiger partial charge on any atom is -0.545 e. The average molecular weight is 594 g/mol. The first-order valence-corrected chi connectivity index (χ1v) is 9.41. The molecule has 0 fully saturated rings. The van der Waals surface area contributed by atoms with E-state index in [-0.39, 0.29) is 70.5 Å². The fourth-order valence-corrected chi connectivity index (χ4v) is 2.23. The summed E-state index contributed by atoms with van der Waals surface area (Å²) in [6, 6.07) is 13.8. The molecule has 38 heavy (non-hydrogen) atoms. The molecule has 3 aromatic carbocycles. The number of rotatable bonds is 6. The molecule has 0 atom stereocenters. The summed E-state index contributed by atoms with van der Waals surface area (Å²) in [4.78, 5) is 61.2. The van der Waals surface area contributed by atoms with E-state index in [1.54, 1.807) is 0 Å². The third kappa shape index (κ3) is 12.1. The molecule has 0 aliphatic heterocycles. The number of hydrogen-bond acceptors (Lipinski definition) is 12. The van der Waals surface area contributed by atoms with E-state index in [1.807, 2.05) is 0 Å². The molecule has 0 N–H and O–H groups in total. The van der Waals surface area contributed by atoms with Gasteiger partial charge < -0.3 is 59.4 Å². The van der Waals surface area contributed by atoms with Gasteiger partial charge in [-0.1, -0.05) is 72.8 Å². The predicted octanol–water partition coefficient (Wildman–Crippen LogP) is -4.76. The molecule has 0 bridgehead atoms. The zero-order chi connectivity index (χ0) is 27.4. The van der Waals surface area contributed by atoms with Gasteiger partial charge in [0.15, 0.2) is 0 Å². The van der Waals surface area contributed by atoms with Gasteiger partial charge in [-0.2, -0.15) is 0 Å². The van der Waals surface area contributed by atoms with E-state index >= 15 is 0 Å². The van der Waals surface area contributed by atoms with E-state index in [0.29, 0.717) is 0 Å². The molecule has 0 radical (unpaired) electrons. The number of hydrogen-bond donors (Lipinski definition) is 0. The Hall–Kier alpha value is -4.35. The van der Waals surface area contributed by atoms with E-state index in [4.69, 9.17) is 0 Å². The van der Waals surface area contributed by atoms with Crippen molar-refractivity contribution in [3.05, 3.63) is 106 Å². The first-order chi connectivity index (χ1) is 16.8. The van der Waals surface area contributed by atoms with Gasteiger partial charge in [-0.25, -0.2) is 0 Å². The van der Waals surface area contributed by atoms with Gasteiger partial charge in [0, 0.05) is 0 Å². The Balaban J connectivity index is 0. The first-order valence-electron chi connectivity index (χ1n) is 9.41. The first kappa shape index (κ1) is 35.8. The number of benzene rings is 3. The Morgan fingerprint density at radius 2 is 0.368 bits per heavy atom. The van der Waals surface area contributed by atoms with E-state index < -0.39 is 35.8 Å². The van der Waals surface area contributed by atoms with Crippen LogP contribution in [0.15, 0.2) is 72.8 Å². The van der Waals surface area contributed by atoms with Crippen LogP contribution in [-0.2, 0) is 37.1 Å². The quantitative estimate of drug-likeness (QED) is 0.261. The Morgan fingerprint density at radius 1 is 0.289 bits per heavy atom. The summed E-state index contributed by atoms with van der Waals surface area (Å²) < 4.78 is 0. The molecule has 12 nitrogen and oxygen atoms in total. The Kier molecular flexibility index (Phi) is 16.2. The number of carboxylic acids is 6. The predicted molar refractivity (Wildman–Crippen MR) is 105 cm³/mol. The van der Waals surface area contributed by atoms with E-state index in [0.717, 1.165) is 72.8 Å². The largest absolute Gasteiger partial charge is 3.00 e. The Labute approximate surface area is 237 Å². The number of aromatic carboxylic acids is 6. The maximum absolute atomic E-state index is 10.2. The maximum Gasteiger partial charge on any atom is 3.00 e. The van der Waals surface area contributed by atoms with Crippen molar-refractivity contribution < 1.29 is 96.5 Å². The second-order valence-corrected chi connectivity index (χ2v) is 6.46. The molecule has 190 valence electrons. The molecule has 0 aliphatic rings. The summed E-state index contributed by atoms with van der Waals surface area (Å²) >= 11 is 0. The van der Waals surface area contributed by atoms with Crippen LogP contribution >= 0.6 is 0 Å². The summed E-state index contributed by atoms with van der Waals surface area (Å²) in [5.74, 6) is -8.00. The summed E-state index contributed by atoms with van der Waals surface area (Å²) in [5.41, 5.74) is -0.333. The van der Waals surface area contributed by atoms with Crippen LogP contribution in [0.25, 0.3) is 0 Å². The standard InChI is InChI=1S/3C8H6O4.2V/c3*9-7(10)5-1-2-6(4-3-5)8(11)12;;/h3*1-4H,(H,9,10)(H,11,12);;/q;;;2*+3/p-6. The van der Waals surface area contributed by atoms with E-state index in [2.05, 4.69) is 0 Å². The zero-order valence-electron chi connectivity index (χ0n) is 18.7. The van der Waals surface area contributed by atoms with Gasteiger partial charge in [0.1, 0.15) is 0 Å². The molecular formula is C24H12O12V2. The normalized spacial score (nSPS) is 8.84. The van der Waals surface area contributed by atoms with Gasteiger partial charge in [0.2, 0.25) is 0 Å². The van der Waals surface area contributed by atoms with Gasteiger partial charge in [0.05, 0.1) is 35.8 Å². The number of carbonyl (C=O) groups is 6. The summed E-state index contributed by atoms with van der Waals surface area (Å²) in [5, 5.41) is 61.2. The summed E-state index contributed by atoms with van der Waals surface area (Å²) in [6.07, 6.45) is 0. The molecule has 0 aliphatic carbocycles. The van der Waals surface area contributed by atoms with Crippen LogP contribution in [0, 0.1) is 0 Å². The minimum absolute atomic E-state index is 0. The average Bonchev–Trinajstić information content (AvgIpc) is 2.84. The maximum atomic E-state index is 10.2. The molecule has 0 saturated heterocycles. The molecule has 14 heteroatoms. The Bertz CT molecular complexity index is 1010. The Morgan fingerprint density at radius 3 is 0.421 bits per heavy atom. The van der Waals surface area contributed by atoms with E-state index in [1.165, 1.54) is 0 Å². The number of carbonyl (C=O) groups excluding carboxylic acids is 6. The topological polar surface area (TPSA) is 241 Å². The van der Waals surface area contributed by atoms with Gasteiger partial charge in [-0.05, 0) is 33.4 Å². The molecule has 3 aromatic rings. The molecular weight excluding hydrogens is 582 g/mol. The monoisotopic (exact) mass is 594 g/mol. The number of carboxylic acid groups (broad SMARTS) is 6. The molecule has 0 unspecified atom stereocenters. The zero-order valence-corrected chi connectivity index (χ0v) is 21.5. The molecule has 3 rings (SSSR count). The fourth-order valence-electron chi connectivity index (χ4n) is 2.23. The van der Waals surface area contributed by atoms with Crippen LogP contribution in [0.2, 0.25) is 0 Å². The van der Waals surface area contributed by atoms with Crippen LogP contribution in [0.5, 0.6) is 0 Å². The van der Waals surface area contributed by atoms with Gasteiger partial charge in [0.25, 0.3) is 0 Å². The summed E-state index contributed by atoms with van der Waals surface area (Å²) in [7, 11) is 0. The minimum atomic E-state index is -1.33. The summed E-state index contributed by atoms with van der Waals surface area (Å²) in [6.45, 7) is 0. The molecule has 0 saturated carbocycles. The van der Waals surface area contributed by atoms with Gasteiger partial charge >= 0.3 is 37.1 Å². The second-order valence-electron chi connectivity index (χ2n) is 6.46. The van der Waals surface area contributed by atoms with Crippen molar-refractivity contribution >= 4 is 35.8 Å². The smallest absolute Gasteiger partial charge is 0.545 e. The van der Waals surface area contributed by atoms with Crippen LogP contribution in [0.3, 0.4) is 0 Å². The van der Waals surface area contributed by atoms with Crippen molar-refractivity contribution in [2.45, 2.75) is 0 Å². The van der Waals surface area contributed by atoms with Gasteiger partial charge in [-0.3, -0.25) is 0 Å². The van der Waals surface area contributed by atoms with Crippen LogP contribution in [-0.4, -0.2) is 35.8 Å². The van der Waals surface area contributed by atoms with Crippen molar-refractivity contribution in [2.75, 3.05) is 0 Å². The molecule has 0 aromatic heterocycles. The molecule has 0 spiro atoms. The second kappa shape index (κ2) is 17.2. The third-order valence-electron chi connectivity index (χ3n) is 4.07. The van der Waals surface area contributed by atoms with Crippen molar-refractivity contribution in [1.82, 2.24) is 0 Å². The SMILES string of the molecule is O=C([O-])c1ccc(C(=O)[O-])cc1.O=C([O-])c1ccc(C(=O)[O-])cc1.O=C([O-])c1ccc(C(=O)[O-])cc1.[V+3].[V+3]. The van der Waals surface area contributed by atoms with Crippen LogP contribution < -0.4 is 30.6 Å². The fraction of sp³-hybridized carbons (Fsp3) is 0. The molecule has 0 heterocycles. The van der Waals surface area contributed by atoms with Crippen molar-refractivity contribution in [3.63, 3.8) is 0 Å². The van der Waals surface area contributed by atoms with Crippen LogP contribution in [0.1, 0.15) is 62.1 Å². The van der Waals surface area contributed by atoms with Crippen LogP contribution in [0.4, 0.5) is 0 Å².